The first-order valence-electron chi connectivity index (χ1n) is 8.99. The average Bonchev–Trinajstić information content (AvgIpc) is 2.68. The van der Waals surface area contributed by atoms with Crippen LogP contribution in [0.4, 0.5) is 5.69 Å². The van der Waals surface area contributed by atoms with Crippen LogP contribution in [0, 0.1) is 17.0 Å². The molecule has 0 radical (unpaired) electrons. The van der Waals surface area contributed by atoms with Crippen molar-refractivity contribution in [2.45, 2.75) is 6.92 Å². The van der Waals surface area contributed by atoms with Gasteiger partial charge in [0.15, 0.2) is 0 Å². The van der Waals surface area contributed by atoms with Crippen molar-refractivity contribution in [1.29, 1.82) is 0 Å². The summed E-state index contributed by atoms with van der Waals surface area (Å²) < 4.78 is 5.72. The molecule has 2 aromatic rings. The molecule has 1 saturated heterocycles. The van der Waals surface area contributed by atoms with E-state index in [4.69, 9.17) is 4.74 Å². The molecule has 27 heavy (non-hydrogen) atoms. The molecule has 1 amide bonds. The van der Waals surface area contributed by atoms with E-state index >= 15 is 0 Å². The van der Waals surface area contributed by atoms with E-state index in [9.17, 15) is 14.9 Å². The largest absolute Gasteiger partial charge is 0.492 e. The van der Waals surface area contributed by atoms with E-state index < -0.39 is 4.92 Å². The summed E-state index contributed by atoms with van der Waals surface area (Å²) in [5.74, 6) is 0.785. The van der Waals surface area contributed by atoms with Crippen molar-refractivity contribution in [3.05, 3.63) is 69.8 Å². The monoisotopic (exact) mass is 369 g/mol. The van der Waals surface area contributed by atoms with Gasteiger partial charge in [0.2, 0.25) is 0 Å². The summed E-state index contributed by atoms with van der Waals surface area (Å²) in [5, 5.41) is 10.9. The van der Waals surface area contributed by atoms with Gasteiger partial charge in [-0.15, -0.1) is 0 Å². The van der Waals surface area contributed by atoms with Gasteiger partial charge in [-0.05, 0) is 31.2 Å². The molecule has 0 bridgehead atoms. The van der Waals surface area contributed by atoms with Gasteiger partial charge in [-0.3, -0.25) is 19.8 Å². The summed E-state index contributed by atoms with van der Waals surface area (Å²) in [6, 6.07) is 14.2. The Morgan fingerprint density at radius 1 is 1.11 bits per heavy atom. The lowest BCUT2D eigenvalue weighted by Crippen LogP contribution is -2.49. The first kappa shape index (κ1) is 18.8. The minimum absolute atomic E-state index is 0.0368. The molecule has 1 aliphatic heterocycles. The normalized spacial score (nSPS) is 14.8. The van der Waals surface area contributed by atoms with E-state index in [2.05, 4.69) is 4.90 Å². The van der Waals surface area contributed by atoms with Crippen LogP contribution in [0.1, 0.15) is 15.9 Å². The number of nitro groups is 1. The minimum Gasteiger partial charge on any atom is -0.492 e. The summed E-state index contributed by atoms with van der Waals surface area (Å²) in [4.78, 5) is 27.2. The van der Waals surface area contributed by atoms with Crippen LogP contribution in [-0.2, 0) is 0 Å². The van der Waals surface area contributed by atoms with E-state index in [0.29, 0.717) is 30.8 Å². The number of carbonyl (C=O) groups is 1. The van der Waals surface area contributed by atoms with Crippen LogP contribution in [-0.4, -0.2) is 60.0 Å². The highest BCUT2D eigenvalue weighted by atomic mass is 16.6. The lowest BCUT2D eigenvalue weighted by molar-refractivity contribution is -0.385. The van der Waals surface area contributed by atoms with Crippen molar-refractivity contribution >= 4 is 11.6 Å². The van der Waals surface area contributed by atoms with Crippen LogP contribution in [0.15, 0.2) is 48.5 Å². The maximum absolute atomic E-state index is 12.7. The number of nitrogens with zero attached hydrogens (tertiary/aromatic N) is 3. The summed E-state index contributed by atoms with van der Waals surface area (Å²) in [6.45, 7) is 5.93. The molecule has 0 saturated carbocycles. The number of hydrogen-bond acceptors (Lipinski definition) is 5. The lowest BCUT2D eigenvalue weighted by atomic mass is 10.1. The number of carbonyl (C=O) groups excluding carboxylic acids is 1. The predicted octanol–water partition coefficient (Wildman–Crippen LogP) is 2.74. The summed E-state index contributed by atoms with van der Waals surface area (Å²) in [6.07, 6.45) is 0. The Bertz CT molecular complexity index is 802. The van der Waals surface area contributed by atoms with Gasteiger partial charge < -0.3 is 9.64 Å². The quantitative estimate of drug-likeness (QED) is 0.578. The second kappa shape index (κ2) is 8.64. The Kier molecular flexibility index (Phi) is 6.03. The van der Waals surface area contributed by atoms with Crippen molar-refractivity contribution in [3.63, 3.8) is 0 Å². The van der Waals surface area contributed by atoms with Crippen molar-refractivity contribution in [3.8, 4) is 5.75 Å². The van der Waals surface area contributed by atoms with E-state index in [1.165, 1.54) is 12.1 Å². The number of benzene rings is 2. The zero-order valence-corrected chi connectivity index (χ0v) is 15.3. The Labute approximate surface area is 158 Å². The molecule has 3 rings (SSSR count). The molecule has 0 aromatic heterocycles. The number of piperazine rings is 1. The third-order valence-corrected chi connectivity index (χ3v) is 4.72. The highest BCUT2D eigenvalue weighted by molar-refractivity contribution is 5.94. The van der Waals surface area contributed by atoms with Gasteiger partial charge in [-0.25, -0.2) is 0 Å². The van der Waals surface area contributed by atoms with Crippen LogP contribution in [0.2, 0.25) is 0 Å². The standard InChI is InChI=1S/C20H23N3O4/c1-16-15-17(7-8-19(16)23(25)26)20(24)22-11-9-21(10-12-22)13-14-27-18-5-3-2-4-6-18/h2-8,15H,9-14H2,1H3. The number of ether oxygens (including phenoxy) is 1. The topological polar surface area (TPSA) is 75.9 Å². The molecule has 0 atom stereocenters. The van der Waals surface area contributed by atoms with Gasteiger partial charge >= 0.3 is 0 Å². The molecule has 0 N–H and O–H groups in total. The lowest BCUT2D eigenvalue weighted by Gasteiger charge is -2.34. The Morgan fingerprint density at radius 3 is 2.44 bits per heavy atom. The van der Waals surface area contributed by atoms with Crippen molar-refractivity contribution < 1.29 is 14.5 Å². The molecule has 0 aliphatic carbocycles. The number of aryl methyl sites for hydroxylation is 1. The van der Waals surface area contributed by atoms with Crippen molar-refractivity contribution in [2.24, 2.45) is 0 Å². The molecule has 0 unspecified atom stereocenters. The number of amides is 1. The zero-order valence-electron chi connectivity index (χ0n) is 15.3. The van der Waals surface area contributed by atoms with E-state index in [1.807, 2.05) is 30.3 Å². The molecule has 0 spiro atoms. The molecule has 1 aliphatic rings. The van der Waals surface area contributed by atoms with Crippen LogP contribution >= 0.6 is 0 Å². The Morgan fingerprint density at radius 2 is 1.81 bits per heavy atom. The van der Waals surface area contributed by atoms with Crippen LogP contribution < -0.4 is 4.74 Å². The summed E-state index contributed by atoms with van der Waals surface area (Å²) in [7, 11) is 0. The smallest absolute Gasteiger partial charge is 0.272 e. The van der Waals surface area contributed by atoms with Crippen molar-refractivity contribution in [2.75, 3.05) is 39.3 Å². The number of para-hydroxylation sites is 1. The highest BCUT2D eigenvalue weighted by Gasteiger charge is 2.23. The molecule has 142 valence electrons. The number of hydrogen-bond donors (Lipinski definition) is 0. The van der Waals surface area contributed by atoms with Gasteiger partial charge in [0, 0.05) is 49.9 Å². The SMILES string of the molecule is Cc1cc(C(=O)N2CCN(CCOc3ccccc3)CC2)ccc1[N+](=O)[O-]. The summed E-state index contributed by atoms with van der Waals surface area (Å²) in [5.41, 5.74) is 1.04. The number of rotatable bonds is 6. The maximum atomic E-state index is 12.7. The van der Waals surface area contributed by atoms with E-state index in [-0.39, 0.29) is 11.6 Å². The molecule has 7 nitrogen and oxygen atoms in total. The molecular weight excluding hydrogens is 346 g/mol. The first-order chi connectivity index (χ1) is 13.0. The second-order valence-electron chi connectivity index (χ2n) is 6.55. The molecule has 1 heterocycles. The second-order valence-corrected chi connectivity index (χ2v) is 6.55. The number of nitro benzene ring substituents is 1. The highest BCUT2D eigenvalue weighted by Crippen LogP contribution is 2.20. The molecule has 2 aromatic carbocycles. The van der Waals surface area contributed by atoms with E-state index in [0.717, 1.165) is 25.4 Å². The summed E-state index contributed by atoms with van der Waals surface area (Å²) >= 11 is 0. The molecular formula is C20H23N3O4. The van der Waals surface area contributed by atoms with Gasteiger partial charge in [-0.2, -0.15) is 0 Å². The van der Waals surface area contributed by atoms with E-state index in [1.54, 1.807) is 17.9 Å². The van der Waals surface area contributed by atoms with Gasteiger partial charge in [0.1, 0.15) is 12.4 Å². The fourth-order valence-electron chi connectivity index (χ4n) is 3.16. The van der Waals surface area contributed by atoms with Gasteiger partial charge in [0.25, 0.3) is 11.6 Å². The third kappa shape index (κ3) is 4.83. The van der Waals surface area contributed by atoms with Crippen LogP contribution in [0.5, 0.6) is 5.75 Å². The first-order valence-corrected chi connectivity index (χ1v) is 8.99. The van der Waals surface area contributed by atoms with Crippen LogP contribution in [0.25, 0.3) is 0 Å². The van der Waals surface area contributed by atoms with Gasteiger partial charge in [-0.1, -0.05) is 18.2 Å². The maximum Gasteiger partial charge on any atom is 0.272 e. The van der Waals surface area contributed by atoms with Gasteiger partial charge in [0.05, 0.1) is 4.92 Å². The third-order valence-electron chi connectivity index (χ3n) is 4.72. The zero-order chi connectivity index (χ0) is 19.2. The van der Waals surface area contributed by atoms with Crippen LogP contribution in [0.3, 0.4) is 0 Å². The average molecular weight is 369 g/mol. The minimum atomic E-state index is -0.431. The Balaban J connectivity index is 1.48. The fourth-order valence-corrected chi connectivity index (χ4v) is 3.16. The Hall–Kier alpha value is -2.93. The molecule has 1 fully saturated rings. The predicted molar refractivity (Wildman–Crippen MR) is 102 cm³/mol. The molecule has 7 heteroatoms. The van der Waals surface area contributed by atoms with Crippen molar-refractivity contribution in [1.82, 2.24) is 9.80 Å². The fraction of sp³-hybridized carbons (Fsp3) is 0.350.